The maximum Gasteiger partial charge on any atom is 0.224 e. The van der Waals surface area contributed by atoms with E-state index in [2.05, 4.69) is 22.9 Å². The highest BCUT2D eigenvalue weighted by atomic mass is 35.5. The van der Waals surface area contributed by atoms with Crippen molar-refractivity contribution < 1.29 is 9.84 Å². The fourth-order valence-corrected chi connectivity index (χ4v) is 3.58. The number of halogens is 1. The quantitative estimate of drug-likeness (QED) is 0.895. The van der Waals surface area contributed by atoms with Crippen molar-refractivity contribution in [2.24, 2.45) is 0 Å². The summed E-state index contributed by atoms with van der Waals surface area (Å²) in [5, 5.41) is 11.1. The standard InChI is InChI=1S/C20H21ClN2O2/c1-22-8-10-23(11-9-22)15-7-6-14-12-17(20(24)25-19(14)13-15)16-4-2-3-5-18(16)21/h2-7,12-13,20,24H,8-11H2,1H3. The van der Waals surface area contributed by atoms with Crippen molar-refractivity contribution in [2.45, 2.75) is 6.29 Å². The molecule has 1 unspecified atom stereocenters. The van der Waals surface area contributed by atoms with Gasteiger partial charge in [-0.15, -0.1) is 0 Å². The maximum atomic E-state index is 10.5. The zero-order chi connectivity index (χ0) is 17.4. The summed E-state index contributed by atoms with van der Waals surface area (Å²) in [5.74, 6) is 0.708. The fourth-order valence-electron chi connectivity index (χ4n) is 3.33. The highest BCUT2D eigenvalue weighted by Crippen LogP contribution is 2.38. The third kappa shape index (κ3) is 3.25. The van der Waals surface area contributed by atoms with Crippen molar-refractivity contribution in [1.82, 2.24) is 4.90 Å². The summed E-state index contributed by atoms with van der Waals surface area (Å²) in [5.41, 5.74) is 3.57. The lowest BCUT2D eigenvalue weighted by atomic mass is 9.99. The first-order valence-electron chi connectivity index (χ1n) is 8.50. The summed E-state index contributed by atoms with van der Waals surface area (Å²) in [6.07, 6.45) is 0.938. The molecule has 1 N–H and O–H groups in total. The molecule has 25 heavy (non-hydrogen) atoms. The van der Waals surface area contributed by atoms with E-state index >= 15 is 0 Å². The number of likely N-dealkylation sites (N-methyl/N-ethyl adjacent to an activating group) is 1. The van der Waals surface area contributed by atoms with Gasteiger partial charge in [0.05, 0.1) is 0 Å². The number of piperazine rings is 1. The number of ether oxygens (including phenoxy) is 1. The average Bonchev–Trinajstić information content (AvgIpc) is 2.62. The number of hydrogen-bond acceptors (Lipinski definition) is 4. The van der Waals surface area contributed by atoms with Gasteiger partial charge in [-0.05, 0) is 31.3 Å². The second kappa shape index (κ2) is 6.71. The van der Waals surface area contributed by atoms with Gasteiger partial charge >= 0.3 is 0 Å². The topological polar surface area (TPSA) is 35.9 Å². The van der Waals surface area contributed by atoms with E-state index in [0.29, 0.717) is 16.3 Å². The molecule has 0 saturated carbocycles. The highest BCUT2D eigenvalue weighted by molar-refractivity contribution is 6.32. The van der Waals surface area contributed by atoms with Crippen LogP contribution in [0.15, 0.2) is 42.5 Å². The Hall–Kier alpha value is -2.01. The number of nitrogens with zero attached hydrogens (tertiary/aromatic N) is 2. The van der Waals surface area contributed by atoms with Gasteiger partial charge in [-0.2, -0.15) is 0 Å². The number of benzene rings is 2. The molecule has 0 amide bonds. The second-order valence-corrected chi connectivity index (χ2v) is 6.97. The first-order chi connectivity index (χ1) is 12.1. The molecule has 5 heteroatoms. The molecule has 1 fully saturated rings. The van der Waals surface area contributed by atoms with Crippen LogP contribution in [0.1, 0.15) is 11.1 Å². The normalized spacial score (nSPS) is 20.7. The highest BCUT2D eigenvalue weighted by Gasteiger charge is 2.24. The molecule has 1 saturated heterocycles. The van der Waals surface area contributed by atoms with Crippen molar-refractivity contribution >= 4 is 28.9 Å². The van der Waals surface area contributed by atoms with E-state index in [1.54, 1.807) is 0 Å². The van der Waals surface area contributed by atoms with E-state index in [0.717, 1.165) is 43.0 Å². The Morgan fingerprint density at radius 1 is 1.08 bits per heavy atom. The van der Waals surface area contributed by atoms with Crippen LogP contribution in [0.2, 0.25) is 5.02 Å². The molecule has 2 aromatic rings. The number of aliphatic hydroxyl groups is 1. The van der Waals surface area contributed by atoms with Crippen molar-refractivity contribution in [3.05, 3.63) is 58.6 Å². The first kappa shape index (κ1) is 16.5. The van der Waals surface area contributed by atoms with Crippen molar-refractivity contribution in [3.8, 4) is 5.75 Å². The molecule has 0 spiro atoms. The summed E-state index contributed by atoms with van der Waals surface area (Å²) >= 11 is 6.27. The summed E-state index contributed by atoms with van der Waals surface area (Å²) in [7, 11) is 2.14. The Bertz CT molecular complexity index is 813. The minimum absolute atomic E-state index is 0.605. The van der Waals surface area contributed by atoms with Crippen LogP contribution in [-0.4, -0.2) is 49.5 Å². The lowest BCUT2D eigenvalue weighted by Gasteiger charge is -2.34. The van der Waals surface area contributed by atoms with E-state index in [1.165, 1.54) is 0 Å². The van der Waals surface area contributed by atoms with E-state index in [4.69, 9.17) is 16.3 Å². The van der Waals surface area contributed by atoms with E-state index < -0.39 is 6.29 Å². The van der Waals surface area contributed by atoms with Gasteiger partial charge in [0.1, 0.15) is 5.75 Å². The van der Waals surface area contributed by atoms with Gasteiger partial charge in [-0.1, -0.05) is 29.8 Å². The molecule has 0 aliphatic carbocycles. The van der Waals surface area contributed by atoms with Crippen LogP contribution in [0.25, 0.3) is 11.6 Å². The van der Waals surface area contributed by atoms with Gasteiger partial charge in [0.2, 0.25) is 6.29 Å². The summed E-state index contributed by atoms with van der Waals surface area (Å²) in [6.45, 7) is 4.10. The zero-order valence-corrected chi connectivity index (χ0v) is 14.9. The van der Waals surface area contributed by atoms with Gasteiger partial charge in [-0.3, -0.25) is 0 Å². The Morgan fingerprint density at radius 2 is 1.84 bits per heavy atom. The number of hydrogen-bond donors (Lipinski definition) is 1. The Morgan fingerprint density at radius 3 is 2.60 bits per heavy atom. The third-order valence-electron chi connectivity index (χ3n) is 4.87. The van der Waals surface area contributed by atoms with Crippen molar-refractivity contribution in [2.75, 3.05) is 38.1 Å². The van der Waals surface area contributed by atoms with Crippen LogP contribution in [0.4, 0.5) is 5.69 Å². The summed E-state index contributed by atoms with van der Waals surface area (Å²) < 4.78 is 5.80. The second-order valence-electron chi connectivity index (χ2n) is 6.56. The van der Waals surface area contributed by atoms with Crippen LogP contribution in [-0.2, 0) is 0 Å². The molecule has 2 aromatic carbocycles. The minimum Gasteiger partial charge on any atom is -0.460 e. The van der Waals surface area contributed by atoms with Crippen molar-refractivity contribution in [3.63, 3.8) is 0 Å². The van der Waals surface area contributed by atoms with Gasteiger partial charge in [0.15, 0.2) is 0 Å². The largest absolute Gasteiger partial charge is 0.460 e. The van der Waals surface area contributed by atoms with Gasteiger partial charge in [0, 0.05) is 59.7 Å². The van der Waals surface area contributed by atoms with Crippen LogP contribution < -0.4 is 9.64 Å². The molecule has 4 rings (SSSR count). The Balaban J connectivity index is 1.65. The predicted molar refractivity (Wildman–Crippen MR) is 102 cm³/mol. The fraction of sp³-hybridized carbons (Fsp3) is 0.300. The third-order valence-corrected chi connectivity index (χ3v) is 5.20. The lowest BCUT2D eigenvalue weighted by Crippen LogP contribution is -2.44. The molecule has 2 heterocycles. The van der Waals surface area contributed by atoms with Crippen LogP contribution in [0.3, 0.4) is 0 Å². The van der Waals surface area contributed by atoms with Crippen LogP contribution in [0, 0.1) is 0 Å². The Kier molecular flexibility index (Phi) is 4.42. The molecule has 4 nitrogen and oxygen atoms in total. The van der Waals surface area contributed by atoms with Gasteiger partial charge < -0.3 is 19.6 Å². The molecule has 130 valence electrons. The smallest absolute Gasteiger partial charge is 0.224 e. The average molecular weight is 357 g/mol. The molecule has 0 aromatic heterocycles. The van der Waals surface area contributed by atoms with Gasteiger partial charge in [0.25, 0.3) is 0 Å². The summed E-state index contributed by atoms with van der Waals surface area (Å²) in [6, 6.07) is 13.7. The zero-order valence-electron chi connectivity index (χ0n) is 14.2. The van der Waals surface area contributed by atoms with E-state index in [-0.39, 0.29) is 0 Å². The summed E-state index contributed by atoms with van der Waals surface area (Å²) in [4.78, 5) is 4.68. The molecule has 2 aliphatic heterocycles. The number of anilines is 1. The van der Waals surface area contributed by atoms with Crippen molar-refractivity contribution in [1.29, 1.82) is 0 Å². The Labute approximate surface area is 152 Å². The SMILES string of the molecule is CN1CCN(c2ccc3c(c2)OC(O)C(c2ccccc2Cl)=C3)CC1. The predicted octanol–water partition coefficient (Wildman–Crippen LogP) is 3.34. The molecular formula is C20H21ClN2O2. The molecule has 0 bridgehead atoms. The lowest BCUT2D eigenvalue weighted by molar-refractivity contribution is 0.0320. The van der Waals surface area contributed by atoms with Gasteiger partial charge in [-0.25, -0.2) is 0 Å². The molecule has 0 radical (unpaired) electrons. The van der Waals surface area contributed by atoms with E-state index in [9.17, 15) is 5.11 Å². The van der Waals surface area contributed by atoms with E-state index in [1.807, 2.05) is 42.5 Å². The van der Waals surface area contributed by atoms with Crippen LogP contribution in [0.5, 0.6) is 5.75 Å². The monoisotopic (exact) mass is 356 g/mol. The minimum atomic E-state index is -1.02. The number of rotatable bonds is 2. The van der Waals surface area contributed by atoms with Crippen LogP contribution >= 0.6 is 11.6 Å². The molecule has 1 atom stereocenters. The molecule has 2 aliphatic rings. The number of fused-ring (bicyclic) bond motifs is 1. The maximum absolute atomic E-state index is 10.5. The first-order valence-corrected chi connectivity index (χ1v) is 8.88. The molecular weight excluding hydrogens is 336 g/mol. The number of aliphatic hydroxyl groups excluding tert-OH is 1.